The zero-order chi connectivity index (χ0) is 12.6. The molecule has 1 atom stereocenters. The summed E-state index contributed by atoms with van der Waals surface area (Å²) in [6, 6.07) is 3.97. The van der Waals surface area contributed by atoms with E-state index in [9.17, 15) is 4.39 Å². The fraction of sp³-hybridized carbons (Fsp3) is 0.571. The van der Waals surface area contributed by atoms with Crippen LogP contribution in [0, 0.1) is 12.7 Å². The van der Waals surface area contributed by atoms with Gasteiger partial charge in [0.05, 0.1) is 0 Å². The smallest absolute Gasteiger partial charge is 0.126 e. The maximum Gasteiger partial charge on any atom is 0.126 e. The Morgan fingerprint density at radius 1 is 1.41 bits per heavy atom. The summed E-state index contributed by atoms with van der Waals surface area (Å²) >= 11 is 0. The minimum Gasteiger partial charge on any atom is -0.371 e. The van der Waals surface area contributed by atoms with Crippen molar-refractivity contribution in [3.63, 3.8) is 0 Å². The molecule has 1 aromatic rings. The lowest BCUT2D eigenvalue weighted by Gasteiger charge is -2.38. The summed E-state index contributed by atoms with van der Waals surface area (Å²) in [6.45, 7) is 3.71. The molecule has 0 unspecified atom stereocenters. The summed E-state index contributed by atoms with van der Waals surface area (Å²) in [7, 11) is 2.09. The lowest BCUT2D eigenvalue weighted by atomic mass is 9.90. The number of halogens is 1. The molecule has 3 heteroatoms. The van der Waals surface area contributed by atoms with Crippen molar-refractivity contribution < 1.29 is 4.39 Å². The van der Waals surface area contributed by atoms with Gasteiger partial charge in [-0.3, -0.25) is 0 Å². The van der Waals surface area contributed by atoms with Crippen LogP contribution >= 0.6 is 0 Å². The molecule has 1 saturated carbocycles. The van der Waals surface area contributed by atoms with Crippen LogP contribution in [-0.2, 0) is 0 Å². The van der Waals surface area contributed by atoms with Gasteiger partial charge in [0.25, 0.3) is 0 Å². The highest BCUT2D eigenvalue weighted by Gasteiger charge is 2.25. The van der Waals surface area contributed by atoms with Gasteiger partial charge in [0.2, 0.25) is 0 Å². The minimum absolute atomic E-state index is 0.136. The van der Waals surface area contributed by atoms with Crippen LogP contribution in [0.1, 0.15) is 43.4 Å². The van der Waals surface area contributed by atoms with Crippen LogP contribution in [0.4, 0.5) is 10.1 Å². The zero-order valence-corrected chi connectivity index (χ0v) is 10.8. The van der Waals surface area contributed by atoms with Crippen molar-refractivity contribution in [3.05, 3.63) is 29.1 Å². The third kappa shape index (κ3) is 2.29. The van der Waals surface area contributed by atoms with Crippen molar-refractivity contribution >= 4 is 5.69 Å². The topological polar surface area (TPSA) is 29.3 Å². The first-order valence-electron chi connectivity index (χ1n) is 6.29. The third-order valence-electron chi connectivity index (χ3n) is 3.80. The summed E-state index contributed by atoms with van der Waals surface area (Å²) in [5.74, 6) is -0.164. The molecule has 0 aliphatic heterocycles. The Morgan fingerprint density at radius 2 is 2.06 bits per heavy atom. The van der Waals surface area contributed by atoms with Gasteiger partial charge in [-0.15, -0.1) is 0 Å². The fourth-order valence-corrected chi connectivity index (χ4v) is 2.32. The first-order chi connectivity index (χ1) is 8.00. The quantitative estimate of drug-likeness (QED) is 0.873. The average Bonchev–Trinajstić information content (AvgIpc) is 2.18. The molecular weight excluding hydrogens is 215 g/mol. The second kappa shape index (κ2) is 4.65. The third-order valence-corrected chi connectivity index (χ3v) is 3.80. The Bertz CT molecular complexity index is 411. The molecule has 0 heterocycles. The van der Waals surface area contributed by atoms with Crippen LogP contribution < -0.4 is 10.6 Å². The monoisotopic (exact) mass is 236 g/mol. The highest BCUT2D eigenvalue weighted by atomic mass is 19.1. The summed E-state index contributed by atoms with van der Waals surface area (Å²) in [5.41, 5.74) is 8.62. The summed E-state index contributed by atoms with van der Waals surface area (Å²) < 4.78 is 13.6. The standard InChI is InChI=1S/C14H21FN2/c1-9-7-14(17(3)11-5-4-6-11)12(10(2)16)8-13(9)15/h7-8,10-11H,4-6,16H2,1-3H3/t10-/m1/s1. The first kappa shape index (κ1) is 12.4. The van der Waals surface area contributed by atoms with Gasteiger partial charge in [0, 0.05) is 24.8 Å². The molecule has 1 fully saturated rings. The van der Waals surface area contributed by atoms with Crippen molar-refractivity contribution in [1.29, 1.82) is 0 Å². The van der Waals surface area contributed by atoms with E-state index in [1.807, 2.05) is 13.0 Å². The maximum atomic E-state index is 13.6. The first-order valence-corrected chi connectivity index (χ1v) is 6.29. The number of hydrogen-bond donors (Lipinski definition) is 1. The molecule has 0 amide bonds. The maximum absolute atomic E-state index is 13.6. The Labute approximate surface area is 103 Å². The summed E-state index contributed by atoms with van der Waals surface area (Å²) in [4.78, 5) is 2.26. The van der Waals surface area contributed by atoms with Gasteiger partial charge in [-0.1, -0.05) is 0 Å². The molecule has 2 nitrogen and oxygen atoms in total. The van der Waals surface area contributed by atoms with E-state index in [1.54, 1.807) is 13.0 Å². The number of aryl methyl sites for hydroxylation is 1. The molecule has 0 saturated heterocycles. The van der Waals surface area contributed by atoms with E-state index >= 15 is 0 Å². The van der Waals surface area contributed by atoms with Crippen molar-refractivity contribution in [2.24, 2.45) is 5.73 Å². The number of anilines is 1. The Hall–Kier alpha value is -1.09. The molecule has 1 aliphatic rings. The number of hydrogen-bond acceptors (Lipinski definition) is 2. The SMILES string of the molecule is Cc1cc(N(C)C2CCC2)c([C@@H](C)N)cc1F. The van der Waals surface area contributed by atoms with Crippen LogP contribution in [0.25, 0.3) is 0 Å². The highest BCUT2D eigenvalue weighted by molar-refractivity contribution is 5.57. The van der Waals surface area contributed by atoms with Gasteiger partial charge < -0.3 is 10.6 Å². The van der Waals surface area contributed by atoms with E-state index in [0.717, 1.165) is 11.3 Å². The molecule has 1 aromatic carbocycles. The Morgan fingerprint density at radius 3 is 2.53 bits per heavy atom. The van der Waals surface area contributed by atoms with E-state index < -0.39 is 0 Å². The van der Waals surface area contributed by atoms with Gasteiger partial charge >= 0.3 is 0 Å². The van der Waals surface area contributed by atoms with Crippen LogP contribution in [0.3, 0.4) is 0 Å². The van der Waals surface area contributed by atoms with E-state index in [4.69, 9.17) is 5.73 Å². The summed E-state index contributed by atoms with van der Waals surface area (Å²) in [5, 5.41) is 0. The van der Waals surface area contributed by atoms with Gasteiger partial charge in [-0.05, 0) is 56.4 Å². The average molecular weight is 236 g/mol. The molecule has 0 spiro atoms. The lowest BCUT2D eigenvalue weighted by Crippen LogP contribution is -2.38. The molecular formula is C14H21FN2. The molecule has 2 rings (SSSR count). The second-order valence-corrected chi connectivity index (χ2v) is 5.14. The van der Waals surface area contributed by atoms with Gasteiger partial charge in [0.15, 0.2) is 0 Å². The van der Waals surface area contributed by atoms with Crippen molar-refractivity contribution in [2.45, 2.75) is 45.2 Å². The van der Waals surface area contributed by atoms with Gasteiger partial charge in [-0.2, -0.15) is 0 Å². The lowest BCUT2D eigenvalue weighted by molar-refractivity contribution is 0.400. The van der Waals surface area contributed by atoms with E-state index in [-0.39, 0.29) is 11.9 Å². The molecule has 0 radical (unpaired) electrons. The van der Waals surface area contributed by atoms with E-state index in [1.165, 1.54) is 19.3 Å². The predicted octanol–water partition coefficient (Wildman–Crippen LogP) is 3.14. The minimum atomic E-state index is -0.164. The number of nitrogens with zero attached hydrogens (tertiary/aromatic N) is 1. The van der Waals surface area contributed by atoms with Crippen LogP contribution in [0.2, 0.25) is 0 Å². The zero-order valence-electron chi connectivity index (χ0n) is 10.8. The van der Waals surface area contributed by atoms with Crippen molar-refractivity contribution in [1.82, 2.24) is 0 Å². The largest absolute Gasteiger partial charge is 0.371 e. The normalized spacial score (nSPS) is 17.7. The van der Waals surface area contributed by atoms with E-state index in [0.29, 0.717) is 11.6 Å². The van der Waals surface area contributed by atoms with Crippen LogP contribution in [-0.4, -0.2) is 13.1 Å². The van der Waals surface area contributed by atoms with Gasteiger partial charge in [-0.25, -0.2) is 4.39 Å². The molecule has 94 valence electrons. The second-order valence-electron chi connectivity index (χ2n) is 5.14. The Kier molecular flexibility index (Phi) is 3.38. The highest BCUT2D eigenvalue weighted by Crippen LogP contribution is 2.33. The molecule has 0 bridgehead atoms. The Balaban J connectivity index is 2.39. The molecule has 1 aliphatic carbocycles. The van der Waals surface area contributed by atoms with Gasteiger partial charge in [0.1, 0.15) is 5.82 Å². The fourth-order valence-electron chi connectivity index (χ4n) is 2.32. The predicted molar refractivity (Wildman–Crippen MR) is 69.8 cm³/mol. The van der Waals surface area contributed by atoms with E-state index in [2.05, 4.69) is 11.9 Å². The number of benzene rings is 1. The van der Waals surface area contributed by atoms with Crippen LogP contribution in [0.15, 0.2) is 12.1 Å². The van der Waals surface area contributed by atoms with Crippen molar-refractivity contribution in [2.75, 3.05) is 11.9 Å². The molecule has 2 N–H and O–H groups in total. The molecule has 17 heavy (non-hydrogen) atoms. The summed E-state index contributed by atoms with van der Waals surface area (Å²) in [6.07, 6.45) is 3.75. The van der Waals surface area contributed by atoms with Crippen LogP contribution in [0.5, 0.6) is 0 Å². The number of nitrogens with two attached hydrogens (primary N) is 1. The number of rotatable bonds is 3. The van der Waals surface area contributed by atoms with Crippen molar-refractivity contribution in [3.8, 4) is 0 Å². The molecule has 0 aromatic heterocycles.